The molecule has 0 atom stereocenters. The van der Waals surface area contributed by atoms with Crippen LogP contribution in [0.1, 0.15) is 22.3 Å². The maximum absolute atomic E-state index is 11.0. The molecule has 0 spiro atoms. The fourth-order valence-electron chi connectivity index (χ4n) is 2.74. The van der Waals surface area contributed by atoms with Crippen LogP contribution in [0.15, 0.2) is 35.2 Å². The van der Waals surface area contributed by atoms with Crippen molar-refractivity contribution < 1.29 is 28.6 Å². The van der Waals surface area contributed by atoms with Crippen molar-refractivity contribution in [1.29, 1.82) is 0 Å². The molecule has 8 heteroatoms. The Morgan fingerprint density at radius 3 is 2.30 bits per heavy atom. The van der Waals surface area contributed by atoms with Crippen molar-refractivity contribution in [2.24, 2.45) is 0 Å². The van der Waals surface area contributed by atoms with Gasteiger partial charge in [0, 0.05) is 12.0 Å². The van der Waals surface area contributed by atoms with Crippen LogP contribution in [0.2, 0.25) is 0 Å². The predicted octanol–water partition coefficient (Wildman–Crippen LogP) is 4.11. The number of methoxy groups -OCH3 is 1. The number of hydrogen-bond acceptors (Lipinski definition) is 5. The van der Waals surface area contributed by atoms with E-state index in [4.69, 9.17) is 24.0 Å². The van der Waals surface area contributed by atoms with Crippen LogP contribution in [0.25, 0.3) is 0 Å². The van der Waals surface area contributed by atoms with Crippen LogP contribution in [0, 0.1) is 13.8 Å². The van der Waals surface area contributed by atoms with Gasteiger partial charge in [-0.3, -0.25) is 4.57 Å². The first-order chi connectivity index (χ1) is 12.7. The van der Waals surface area contributed by atoms with Crippen molar-refractivity contribution >= 4 is 19.4 Å². The van der Waals surface area contributed by atoms with Crippen LogP contribution in [-0.2, 0) is 15.7 Å². The first-order valence-electron chi connectivity index (χ1n) is 8.29. The molecule has 0 heterocycles. The van der Waals surface area contributed by atoms with Gasteiger partial charge in [0.1, 0.15) is 11.5 Å². The lowest BCUT2D eigenvalue weighted by molar-refractivity contribution is 0.0491. The van der Waals surface area contributed by atoms with Crippen LogP contribution in [0.4, 0.5) is 0 Å². The molecule has 0 saturated carbocycles. The van der Waals surface area contributed by atoms with Gasteiger partial charge in [-0.15, -0.1) is 11.8 Å². The molecule has 0 radical (unpaired) electrons. The maximum atomic E-state index is 11.0. The van der Waals surface area contributed by atoms with E-state index in [-0.39, 0.29) is 6.79 Å². The van der Waals surface area contributed by atoms with Gasteiger partial charge in [-0.25, -0.2) is 0 Å². The van der Waals surface area contributed by atoms with Gasteiger partial charge in [0.25, 0.3) is 0 Å². The molecule has 148 valence electrons. The third kappa shape index (κ3) is 6.55. The number of aryl methyl sites for hydroxylation is 2. The third-order valence-electron chi connectivity index (χ3n) is 4.01. The number of benzene rings is 2. The highest BCUT2D eigenvalue weighted by Gasteiger charge is 2.15. The number of rotatable bonds is 9. The molecule has 27 heavy (non-hydrogen) atoms. The summed E-state index contributed by atoms with van der Waals surface area (Å²) in [4.78, 5) is 19.0. The summed E-state index contributed by atoms with van der Waals surface area (Å²) in [7, 11) is -2.61. The minimum Gasteiger partial charge on any atom is -0.481 e. The van der Waals surface area contributed by atoms with Crippen LogP contribution < -0.4 is 9.47 Å². The normalized spacial score (nSPS) is 11.5. The summed E-state index contributed by atoms with van der Waals surface area (Å²) in [6, 6.07) is 9.70. The average molecular weight is 412 g/mol. The predicted molar refractivity (Wildman–Crippen MR) is 107 cm³/mol. The standard InChI is InChI=1S/C19H25O6PS/c1-13-7-16(25-12-26(20,21)22)8-14(2)17(13)9-15-5-6-18(24-11-23-3)19(10-15)27-4/h5-8,10H,9,11-12H2,1-4H3,(H2,20,21,22). The maximum Gasteiger partial charge on any atom is 0.362 e. The molecule has 2 aromatic carbocycles. The zero-order chi connectivity index (χ0) is 20.0. The minimum atomic E-state index is -4.20. The Hall–Kier alpha value is -1.50. The minimum absolute atomic E-state index is 0.210. The molecular formula is C19H25O6PS. The van der Waals surface area contributed by atoms with Gasteiger partial charge < -0.3 is 24.0 Å². The Morgan fingerprint density at radius 1 is 1.07 bits per heavy atom. The fraction of sp³-hybridized carbons (Fsp3) is 0.368. The van der Waals surface area contributed by atoms with Crippen LogP contribution in [-0.4, -0.2) is 36.3 Å². The molecule has 0 unspecified atom stereocenters. The highest BCUT2D eigenvalue weighted by atomic mass is 32.2. The highest BCUT2D eigenvalue weighted by molar-refractivity contribution is 7.98. The lowest BCUT2D eigenvalue weighted by atomic mass is 9.96. The van der Waals surface area contributed by atoms with Gasteiger partial charge in [-0.1, -0.05) is 6.07 Å². The van der Waals surface area contributed by atoms with Crippen molar-refractivity contribution in [1.82, 2.24) is 0 Å². The lowest BCUT2D eigenvalue weighted by Crippen LogP contribution is -2.02. The fourth-order valence-corrected chi connectivity index (χ4v) is 3.66. The van der Waals surface area contributed by atoms with E-state index in [9.17, 15) is 4.57 Å². The van der Waals surface area contributed by atoms with Gasteiger partial charge >= 0.3 is 7.60 Å². The zero-order valence-corrected chi connectivity index (χ0v) is 17.6. The largest absolute Gasteiger partial charge is 0.481 e. The molecule has 0 bridgehead atoms. The second-order valence-electron chi connectivity index (χ2n) is 6.19. The van der Waals surface area contributed by atoms with E-state index in [1.54, 1.807) is 18.9 Å². The highest BCUT2D eigenvalue weighted by Crippen LogP contribution is 2.35. The Kier molecular flexibility index (Phi) is 7.77. The molecule has 2 rings (SSSR count). The molecule has 6 nitrogen and oxygen atoms in total. The molecule has 2 N–H and O–H groups in total. The average Bonchev–Trinajstić information content (AvgIpc) is 2.61. The van der Waals surface area contributed by atoms with Crippen molar-refractivity contribution in [3.05, 3.63) is 52.6 Å². The second-order valence-corrected chi connectivity index (χ2v) is 8.62. The lowest BCUT2D eigenvalue weighted by Gasteiger charge is -2.15. The topological polar surface area (TPSA) is 85.2 Å². The molecule has 0 aliphatic carbocycles. The molecule has 0 aromatic heterocycles. The summed E-state index contributed by atoms with van der Waals surface area (Å²) in [6.45, 7) is 4.15. The molecule has 0 aliphatic heterocycles. The zero-order valence-electron chi connectivity index (χ0n) is 15.9. The van der Waals surface area contributed by atoms with Crippen LogP contribution >= 0.6 is 19.4 Å². The van der Waals surface area contributed by atoms with Gasteiger partial charge in [0.05, 0.1) is 0 Å². The summed E-state index contributed by atoms with van der Waals surface area (Å²) >= 11 is 1.62. The van der Waals surface area contributed by atoms with Gasteiger partial charge in [0.2, 0.25) is 0 Å². The van der Waals surface area contributed by atoms with Gasteiger partial charge in [-0.2, -0.15) is 0 Å². The van der Waals surface area contributed by atoms with Gasteiger partial charge in [-0.05, 0) is 73.0 Å². The first kappa shape index (κ1) is 21.8. The summed E-state index contributed by atoms with van der Waals surface area (Å²) in [5.41, 5.74) is 4.34. The van der Waals surface area contributed by atoms with E-state index in [1.165, 1.54) is 0 Å². The Morgan fingerprint density at radius 2 is 1.74 bits per heavy atom. The van der Waals surface area contributed by atoms with E-state index in [0.29, 0.717) is 5.75 Å². The van der Waals surface area contributed by atoms with E-state index in [2.05, 4.69) is 6.07 Å². The van der Waals surface area contributed by atoms with E-state index in [1.807, 2.05) is 44.4 Å². The third-order valence-corrected chi connectivity index (χ3v) is 5.23. The van der Waals surface area contributed by atoms with Crippen LogP contribution in [0.5, 0.6) is 11.5 Å². The number of ether oxygens (including phenoxy) is 3. The van der Waals surface area contributed by atoms with E-state index in [0.717, 1.165) is 39.3 Å². The Bertz CT molecular complexity index is 810. The smallest absolute Gasteiger partial charge is 0.362 e. The molecule has 0 aliphatic rings. The first-order valence-corrected chi connectivity index (χ1v) is 11.3. The van der Waals surface area contributed by atoms with Gasteiger partial charge in [0.15, 0.2) is 13.1 Å². The molecular weight excluding hydrogens is 387 g/mol. The molecule has 0 saturated heterocycles. The van der Waals surface area contributed by atoms with Crippen molar-refractivity contribution in [2.75, 3.05) is 26.5 Å². The second kappa shape index (κ2) is 9.62. The summed E-state index contributed by atoms with van der Waals surface area (Å²) in [6.07, 6.45) is 2.13. The quantitative estimate of drug-likeness (QED) is 0.364. The summed E-state index contributed by atoms with van der Waals surface area (Å²) in [5, 5.41) is 0. The summed E-state index contributed by atoms with van der Waals surface area (Å²) in [5.74, 6) is 1.26. The Labute approximate surface area is 164 Å². The molecule has 2 aromatic rings. The van der Waals surface area contributed by atoms with Crippen molar-refractivity contribution in [3.63, 3.8) is 0 Å². The van der Waals surface area contributed by atoms with Crippen molar-refractivity contribution in [3.8, 4) is 11.5 Å². The van der Waals surface area contributed by atoms with E-state index < -0.39 is 13.9 Å². The monoisotopic (exact) mass is 412 g/mol. The summed E-state index contributed by atoms with van der Waals surface area (Å²) < 4.78 is 26.8. The number of thioether (sulfide) groups is 1. The van der Waals surface area contributed by atoms with E-state index >= 15 is 0 Å². The number of hydrogen-bond donors (Lipinski definition) is 2. The molecule has 0 fully saturated rings. The molecule has 0 amide bonds. The Balaban J connectivity index is 2.20. The SMILES string of the molecule is COCOc1ccc(Cc2c(C)cc(OCP(=O)(O)O)cc2C)cc1SC. The van der Waals surface area contributed by atoms with Crippen molar-refractivity contribution in [2.45, 2.75) is 25.2 Å². The van der Waals surface area contributed by atoms with Crippen LogP contribution in [0.3, 0.4) is 0 Å².